The van der Waals surface area contributed by atoms with Crippen molar-refractivity contribution in [3.63, 3.8) is 0 Å². The maximum Gasteiger partial charge on any atom is 0.229 e. The quantitative estimate of drug-likeness (QED) is 0.136. The van der Waals surface area contributed by atoms with Crippen molar-refractivity contribution in [2.75, 3.05) is 5.34 Å². The lowest BCUT2D eigenvalue weighted by Crippen LogP contribution is -2.29. The van der Waals surface area contributed by atoms with E-state index in [-0.39, 0.29) is 53.0 Å². The Kier molecular flexibility index (Phi) is 20.5. The molecule has 9 heteroatoms. The average Bonchev–Trinajstić information content (AvgIpc) is 3.05. The molecule has 248 valence electrons. The Labute approximate surface area is 287 Å². The zero-order valence-corrected chi connectivity index (χ0v) is 29.0. The van der Waals surface area contributed by atoms with E-state index in [1.54, 1.807) is 24.3 Å². The number of nitrogens with two attached hydrogens (primary N) is 1. The summed E-state index contributed by atoms with van der Waals surface area (Å²) in [7, 11) is 0. The van der Waals surface area contributed by atoms with E-state index in [1.807, 2.05) is 88.4 Å². The van der Waals surface area contributed by atoms with Crippen molar-refractivity contribution < 1.29 is 18.4 Å². The number of amides is 1. The van der Waals surface area contributed by atoms with Crippen LogP contribution in [0.2, 0.25) is 0 Å². The number of benzene rings is 4. The van der Waals surface area contributed by atoms with Gasteiger partial charge in [-0.25, -0.2) is 8.78 Å². The molecule has 0 aliphatic heterocycles. The number of alkyl halides is 2. The molecule has 2 unspecified atom stereocenters. The van der Waals surface area contributed by atoms with Crippen LogP contribution in [0.1, 0.15) is 71.9 Å². The molecule has 0 aromatic heterocycles. The molecule has 1 amide bonds. The molecule has 3 N–H and O–H groups in total. The van der Waals surface area contributed by atoms with Crippen LogP contribution in [0.25, 0.3) is 0 Å². The summed E-state index contributed by atoms with van der Waals surface area (Å²) in [5.74, 6) is -0.904. The van der Waals surface area contributed by atoms with Gasteiger partial charge in [-0.3, -0.25) is 9.59 Å². The van der Waals surface area contributed by atoms with Crippen LogP contribution in [0, 0.1) is 25.5 Å². The van der Waals surface area contributed by atoms with Gasteiger partial charge in [0.1, 0.15) is 11.6 Å². The van der Waals surface area contributed by atoms with Gasteiger partial charge < -0.3 is 11.1 Å². The molecule has 0 heterocycles. The Morgan fingerprint density at radius 2 is 1.13 bits per heavy atom. The number of hydrogen-bond acceptors (Lipinski definition) is 3. The molecule has 0 aliphatic rings. The Bertz CT molecular complexity index is 1460. The number of rotatable bonds is 9. The van der Waals surface area contributed by atoms with E-state index in [9.17, 15) is 18.4 Å². The average molecular weight is 692 g/mol. The van der Waals surface area contributed by atoms with Crippen LogP contribution in [0.15, 0.2) is 97.1 Å². The maximum atomic E-state index is 13.7. The molecule has 0 fully saturated rings. The zero-order valence-electron chi connectivity index (χ0n) is 26.7. The van der Waals surface area contributed by atoms with Crippen LogP contribution < -0.4 is 11.1 Å². The van der Waals surface area contributed by atoms with Crippen molar-refractivity contribution in [2.45, 2.75) is 65.5 Å². The number of hydrogen-bond donors (Lipinski definition) is 2. The van der Waals surface area contributed by atoms with E-state index >= 15 is 0 Å². The highest BCUT2D eigenvalue weighted by atomic mass is 35.5. The van der Waals surface area contributed by atoms with Crippen LogP contribution in [0.5, 0.6) is 0 Å². The first-order valence-electron chi connectivity index (χ1n) is 14.9. The number of nitrogens with one attached hydrogen (secondary N) is 1. The first-order chi connectivity index (χ1) is 22.0. The second-order valence-corrected chi connectivity index (χ2v) is 11.4. The molecule has 4 aromatic carbocycles. The number of aryl methyl sites for hydroxylation is 2. The molecule has 4 rings (SSSR count). The largest absolute Gasteiger partial charge is 0.351 e. The van der Waals surface area contributed by atoms with Crippen molar-refractivity contribution in [1.82, 2.24) is 5.32 Å². The molecular weight excluding hydrogens is 649 g/mol. The third-order valence-corrected chi connectivity index (χ3v) is 7.15. The van der Waals surface area contributed by atoms with Crippen molar-refractivity contribution in [1.29, 1.82) is 0 Å². The van der Waals surface area contributed by atoms with Crippen LogP contribution in [-0.4, -0.2) is 16.5 Å². The Balaban J connectivity index is 0.000000358. The van der Waals surface area contributed by atoms with Gasteiger partial charge in [0, 0.05) is 24.2 Å². The molecule has 4 aromatic rings. The van der Waals surface area contributed by atoms with Crippen LogP contribution >= 0.6 is 34.8 Å². The summed E-state index contributed by atoms with van der Waals surface area (Å²) >= 11 is 15.0. The van der Waals surface area contributed by atoms with Gasteiger partial charge in [-0.05, 0) is 61.5 Å². The van der Waals surface area contributed by atoms with E-state index in [4.69, 9.17) is 40.5 Å². The van der Waals surface area contributed by atoms with E-state index in [1.165, 1.54) is 12.1 Å². The lowest BCUT2D eigenvalue weighted by molar-refractivity contribution is -0.122. The van der Waals surface area contributed by atoms with Crippen molar-refractivity contribution in [3.8, 4) is 0 Å². The second kappa shape index (κ2) is 23.1. The lowest BCUT2D eigenvalue weighted by Gasteiger charge is -2.15. The van der Waals surface area contributed by atoms with E-state index in [2.05, 4.69) is 5.32 Å². The van der Waals surface area contributed by atoms with Crippen LogP contribution in [0.3, 0.4) is 0 Å². The highest BCUT2D eigenvalue weighted by Gasteiger charge is 2.18. The Morgan fingerprint density at radius 1 is 0.717 bits per heavy atom. The molecule has 0 spiro atoms. The van der Waals surface area contributed by atoms with Crippen molar-refractivity contribution in [3.05, 3.63) is 142 Å². The smallest absolute Gasteiger partial charge is 0.229 e. The van der Waals surface area contributed by atoms with Gasteiger partial charge in [-0.2, -0.15) is 0 Å². The van der Waals surface area contributed by atoms with Gasteiger partial charge in [-0.15, -0.1) is 23.2 Å². The Hall–Kier alpha value is -3.29. The summed E-state index contributed by atoms with van der Waals surface area (Å²) in [6.07, 6.45) is 1.47. The summed E-state index contributed by atoms with van der Waals surface area (Å²) < 4.78 is 26.4. The highest BCUT2D eigenvalue weighted by molar-refractivity contribution is 6.64. The molecule has 0 saturated heterocycles. The third-order valence-electron chi connectivity index (χ3n) is 6.89. The topological polar surface area (TPSA) is 72.2 Å². The molecule has 0 radical (unpaired) electrons. The number of halogens is 5. The molecule has 0 saturated carbocycles. The van der Waals surface area contributed by atoms with E-state index < -0.39 is 0 Å². The lowest BCUT2D eigenvalue weighted by atomic mass is 9.95. The van der Waals surface area contributed by atoms with Crippen molar-refractivity contribution in [2.24, 2.45) is 5.73 Å². The summed E-state index contributed by atoms with van der Waals surface area (Å²) in [5, 5.41) is 2.76. The first-order valence-corrected chi connectivity index (χ1v) is 16.4. The minimum atomic E-state index is -0.284. The molecule has 46 heavy (non-hydrogen) atoms. The highest BCUT2D eigenvalue weighted by Crippen LogP contribution is 2.22. The molecule has 4 nitrogen and oxygen atoms in total. The molecule has 0 bridgehead atoms. The van der Waals surface area contributed by atoms with Crippen LogP contribution in [-0.2, 0) is 22.7 Å². The van der Waals surface area contributed by atoms with Crippen LogP contribution in [0.4, 0.5) is 8.78 Å². The Morgan fingerprint density at radius 3 is 1.52 bits per heavy atom. The predicted molar refractivity (Wildman–Crippen MR) is 188 cm³/mol. The predicted octanol–water partition coefficient (Wildman–Crippen LogP) is 9.90. The molecule has 0 aliphatic carbocycles. The summed E-state index contributed by atoms with van der Waals surface area (Å²) in [4.78, 5) is 23.3. The van der Waals surface area contributed by atoms with Gasteiger partial charge >= 0.3 is 0 Å². The van der Waals surface area contributed by atoms with Gasteiger partial charge in [0.25, 0.3) is 0 Å². The standard InChI is InChI=1S/C18H20FNO.C10H11ClO.C8H10FN.CH2Cl2/c1-3-16(14-7-5-4-6-8-14)18(21)20-12-15-11-13(2)9-10-17(15)19;1-2-9(10(11)12)8-6-4-3-5-7-8;1-6-2-3-8(9)7(4-6)5-10;2-1-3/h4-11,16H,3,12H2,1-2H3,(H,20,21);3-7,9H,2H2,1H3;2-4H,5,10H2,1H3;1H2. The number of carbonyl (C=O) groups is 2. The SMILES string of the molecule is CCC(C(=O)Cl)c1ccccc1.CCC(C(=O)NCc1cc(C)ccc1F)c1ccccc1.Cc1ccc(F)c(CN)c1.ClCCl. The maximum absolute atomic E-state index is 13.7. The normalized spacial score (nSPS) is 11.3. The molecule has 2 atom stereocenters. The van der Waals surface area contributed by atoms with Gasteiger partial charge in [0.2, 0.25) is 11.1 Å². The zero-order chi connectivity index (χ0) is 34.5. The fraction of sp³-hybridized carbons (Fsp3) is 0.297. The summed E-state index contributed by atoms with van der Waals surface area (Å²) in [6, 6.07) is 29.1. The molecular formula is C37H43Cl3F2N2O2. The van der Waals surface area contributed by atoms with E-state index in [0.29, 0.717) is 17.5 Å². The summed E-state index contributed by atoms with van der Waals surface area (Å²) in [5.41, 5.74) is 10.4. The van der Waals surface area contributed by atoms with Gasteiger partial charge in [-0.1, -0.05) is 110 Å². The third kappa shape index (κ3) is 14.9. The number of carbonyl (C=O) groups excluding carboxylic acids is 2. The van der Waals surface area contributed by atoms with Gasteiger partial charge in [0.15, 0.2) is 0 Å². The fourth-order valence-electron chi connectivity index (χ4n) is 4.47. The minimum Gasteiger partial charge on any atom is -0.351 e. The fourth-order valence-corrected chi connectivity index (χ4v) is 4.76. The van der Waals surface area contributed by atoms with E-state index in [0.717, 1.165) is 28.7 Å². The summed E-state index contributed by atoms with van der Waals surface area (Å²) in [6.45, 7) is 8.24. The second-order valence-electron chi connectivity index (χ2n) is 10.3. The van der Waals surface area contributed by atoms with Gasteiger partial charge in [0.05, 0.1) is 17.2 Å². The van der Waals surface area contributed by atoms with Crippen molar-refractivity contribution >= 4 is 46.0 Å². The monoisotopic (exact) mass is 690 g/mol. The minimum absolute atomic E-state index is 0.0652. The first kappa shape index (κ1) is 40.7.